The van der Waals surface area contributed by atoms with Crippen LogP contribution in [-0.4, -0.2) is 19.8 Å². The van der Waals surface area contributed by atoms with Gasteiger partial charge in [-0.2, -0.15) is 0 Å². The molecule has 2 heterocycles. The van der Waals surface area contributed by atoms with Crippen LogP contribution in [0.25, 0.3) is 0 Å². The first-order chi connectivity index (χ1) is 8.86. The predicted molar refractivity (Wildman–Crippen MR) is 74.3 cm³/mol. The predicted octanol–water partition coefficient (Wildman–Crippen LogP) is 3.43. The van der Waals surface area contributed by atoms with Gasteiger partial charge in [0, 0.05) is 18.0 Å². The molecule has 18 heavy (non-hydrogen) atoms. The molecule has 1 atom stereocenters. The summed E-state index contributed by atoms with van der Waals surface area (Å²) in [6, 6.07) is 4.63. The third kappa shape index (κ3) is 2.36. The lowest BCUT2D eigenvalue weighted by molar-refractivity contribution is 0.293. The second kappa shape index (κ2) is 5.49. The van der Waals surface area contributed by atoms with Crippen LogP contribution < -0.4 is 14.8 Å². The van der Waals surface area contributed by atoms with E-state index < -0.39 is 0 Å². The van der Waals surface area contributed by atoms with E-state index in [0.29, 0.717) is 6.04 Å². The zero-order chi connectivity index (χ0) is 12.4. The molecule has 0 spiro atoms. The van der Waals surface area contributed by atoms with E-state index in [4.69, 9.17) is 9.47 Å². The molecule has 3 nitrogen and oxygen atoms in total. The number of piperidine rings is 1. The Kier molecular flexibility index (Phi) is 3.75. The van der Waals surface area contributed by atoms with Gasteiger partial charge in [-0.1, -0.05) is 12.5 Å². The van der Waals surface area contributed by atoms with Crippen molar-refractivity contribution in [3.8, 4) is 11.5 Å². The van der Waals surface area contributed by atoms with Gasteiger partial charge in [0.05, 0.1) is 17.7 Å². The molecule has 2 aliphatic rings. The number of ether oxygens (including phenoxy) is 2. The van der Waals surface area contributed by atoms with Gasteiger partial charge in [-0.25, -0.2) is 0 Å². The minimum absolute atomic E-state index is 0.405. The first-order valence-corrected chi connectivity index (χ1v) is 7.47. The Bertz CT molecular complexity index is 430. The molecule has 0 radical (unpaired) electrons. The Morgan fingerprint density at radius 3 is 2.67 bits per heavy atom. The largest absolute Gasteiger partial charge is 0.489 e. The molecule has 0 amide bonds. The molecule has 2 aliphatic heterocycles. The maximum Gasteiger partial charge on any atom is 0.175 e. The lowest BCUT2D eigenvalue weighted by atomic mass is 9.96. The van der Waals surface area contributed by atoms with Gasteiger partial charge in [-0.15, -0.1) is 0 Å². The Hall–Kier alpha value is -0.740. The highest BCUT2D eigenvalue weighted by Crippen LogP contribution is 2.43. The van der Waals surface area contributed by atoms with Crippen LogP contribution in [0.15, 0.2) is 16.6 Å². The monoisotopic (exact) mass is 311 g/mol. The van der Waals surface area contributed by atoms with Crippen LogP contribution in [0.2, 0.25) is 0 Å². The van der Waals surface area contributed by atoms with E-state index in [-0.39, 0.29) is 0 Å². The van der Waals surface area contributed by atoms with Crippen molar-refractivity contribution in [3.05, 3.63) is 22.2 Å². The minimum atomic E-state index is 0.405. The fraction of sp³-hybridized carbons (Fsp3) is 0.571. The normalized spacial score (nSPS) is 23.5. The summed E-state index contributed by atoms with van der Waals surface area (Å²) in [7, 11) is 0. The molecule has 4 heteroatoms. The average Bonchev–Trinajstić information content (AvgIpc) is 2.67. The van der Waals surface area contributed by atoms with E-state index in [1.165, 1.54) is 24.8 Å². The Morgan fingerprint density at radius 1 is 1.06 bits per heavy atom. The van der Waals surface area contributed by atoms with Crippen molar-refractivity contribution in [3.63, 3.8) is 0 Å². The zero-order valence-electron chi connectivity index (χ0n) is 10.4. The van der Waals surface area contributed by atoms with Crippen LogP contribution in [0.5, 0.6) is 11.5 Å². The standard InChI is InChI=1S/C14H18BrNO2/c15-11-6-5-10(12-4-1-2-7-16-12)13-14(11)18-9-3-8-17-13/h5-6,12,16H,1-4,7-9H2. The number of rotatable bonds is 1. The number of benzene rings is 1. The van der Waals surface area contributed by atoms with Gasteiger partial charge >= 0.3 is 0 Å². The molecule has 1 N–H and O–H groups in total. The van der Waals surface area contributed by atoms with Gasteiger partial charge in [-0.05, 0) is 41.4 Å². The lowest BCUT2D eigenvalue weighted by Gasteiger charge is -2.26. The Morgan fingerprint density at radius 2 is 1.89 bits per heavy atom. The summed E-state index contributed by atoms with van der Waals surface area (Å²) in [5, 5.41) is 3.57. The van der Waals surface area contributed by atoms with Gasteiger partial charge in [0.1, 0.15) is 0 Å². The van der Waals surface area contributed by atoms with E-state index in [0.717, 1.165) is 42.2 Å². The van der Waals surface area contributed by atoms with E-state index in [1.54, 1.807) is 0 Å². The van der Waals surface area contributed by atoms with Crippen molar-refractivity contribution >= 4 is 15.9 Å². The van der Waals surface area contributed by atoms with Crippen LogP contribution in [0, 0.1) is 0 Å². The number of hydrogen-bond acceptors (Lipinski definition) is 3. The smallest absolute Gasteiger partial charge is 0.175 e. The fourth-order valence-corrected chi connectivity index (χ4v) is 3.06. The molecule has 1 aromatic rings. The molecule has 1 aromatic carbocycles. The van der Waals surface area contributed by atoms with Gasteiger partial charge < -0.3 is 14.8 Å². The Labute approximate surface area is 116 Å². The summed E-state index contributed by atoms with van der Waals surface area (Å²) in [5.41, 5.74) is 1.25. The van der Waals surface area contributed by atoms with Gasteiger partial charge in [0.25, 0.3) is 0 Å². The van der Waals surface area contributed by atoms with Crippen molar-refractivity contribution in [1.29, 1.82) is 0 Å². The van der Waals surface area contributed by atoms with Gasteiger partial charge in [0.2, 0.25) is 0 Å². The van der Waals surface area contributed by atoms with Crippen LogP contribution in [0.1, 0.15) is 37.3 Å². The highest BCUT2D eigenvalue weighted by Gasteiger charge is 2.24. The molecule has 3 rings (SSSR count). The SMILES string of the molecule is Brc1ccc(C2CCCCN2)c2c1OCCCO2. The third-order valence-corrected chi connectivity index (χ3v) is 4.19. The molecule has 98 valence electrons. The first-order valence-electron chi connectivity index (χ1n) is 6.67. The summed E-state index contributed by atoms with van der Waals surface area (Å²) in [6.45, 7) is 2.56. The van der Waals surface area contributed by atoms with E-state index >= 15 is 0 Å². The molecular weight excluding hydrogens is 294 g/mol. The average molecular weight is 312 g/mol. The molecule has 0 aromatic heterocycles. The highest BCUT2D eigenvalue weighted by atomic mass is 79.9. The zero-order valence-corrected chi connectivity index (χ0v) is 12.0. The van der Waals surface area contributed by atoms with Crippen molar-refractivity contribution in [2.75, 3.05) is 19.8 Å². The summed E-state index contributed by atoms with van der Waals surface area (Å²) in [4.78, 5) is 0. The minimum Gasteiger partial charge on any atom is -0.489 e. The lowest BCUT2D eigenvalue weighted by Crippen LogP contribution is -2.27. The summed E-state index contributed by atoms with van der Waals surface area (Å²) < 4.78 is 12.7. The summed E-state index contributed by atoms with van der Waals surface area (Å²) in [6.07, 6.45) is 4.67. The van der Waals surface area contributed by atoms with Crippen LogP contribution in [0.4, 0.5) is 0 Å². The summed E-state index contributed by atoms with van der Waals surface area (Å²) in [5.74, 6) is 1.80. The highest BCUT2D eigenvalue weighted by molar-refractivity contribution is 9.10. The molecule has 0 saturated carbocycles. The molecule has 0 aliphatic carbocycles. The van der Waals surface area contributed by atoms with Crippen LogP contribution in [-0.2, 0) is 0 Å². The molecule has 1 fully saturated rings. The second-order valence-electron chi connectivity index (χ2n) is 4.85. The van der Waals surface area contributed by atoms with Crippen LogP contribution >= 0.6 is 15.9 Å². The first kappa shape index (κ1) is 12.3. The topological polar surface area (TPSA) is 30.5 Å². The molecule has 0 bridgehead atoms. The Balaban J connectivity index is 1.98. The fourth-order valence-electron chi connectivity index (χ4n) is 2.64. The van der Waals surface area contributed by atoms with Gasteiger partial charge in [0.15, 0.2) is 11.5 Å². The molecular formula is C14H18BrNO2. The molecule has 1 saturated heterocycles. The van der Waals surface area contributed by atoms with Crippen molar-refractivity contribution in [2.24, 2.45) is 0 Å². The molecule has 1 unspecified atom stereocenters. The van der Waals surface area contributed by atoms with Crippen LogP contribution in [0.3, 0.4) is 0 Å². The van der Waals surface area contributed by atoms with Gasteiger partial charge in [-0.3, -0.25) is 0 Å². The third-order valence-electron chi connectivity index (χ3n) is 3.56. The maximum atomic E-state index is 5.92. The van der Waals surface area contributed by atoms with Crippen molar-refractivity contribution < 1.29 is 9.47 Å². The number of halogens is 1. The van der Waals surface area contributed by atoms with E-state index in [9.17, 15) is 0 Å². The maximum absolute atomic E-state index is 5.92. The van der Waals surface area contributed by atoms with Crippen molar-refractivity contribution in [1.82, 2.24) is 5.32 Å². The number of hydrogen-bond donors (Lipinski definition) is 1. The number of fused-ring (bicyclic) bond motifs is 1. The second-order valence-corrected chi connectivity index (χ2v) is 5.70. The van der Waals surface area contributed by atoms with Crippen molar-refractivity contribution in [2.45, 2.75) is 31.7 Å². The quantitative estimate of drug-likeness (QED) is 0.862. The van der Waals surface area contributed by atoms with E-state index in [1.807, 2.05) is 0 Å². The summed E-state index contributed by atoms with van der Waals surface area (Å²) >= 11 is 3.55. The number of nitrogens with one attached hydrogen (secondary N) is 1. The van der Waals surface area contributed by atoms with E-state index in [2.05, 4.69) is 33.4 Å².